The van der Waals surface area contributed by atoms with Crippen molar-refractivity contribution in [1.82, 2.24) is 21.1 Å². The molecule has 3 rings (SSSR count). The second kappa shape index (κ2) is 12.9. The fraction of sp³-hybridized carbons (Fsp3) is 0.321. The molecular formula is C28H32N4O6. The lowest BCUT2D eigenvalue weighted by molar-refractivity contribution is -0.126. The van der Waals surface area contributed by atoms with E-state index in [1.807, 2.05) is 31.2 Å². The number of hydrogen-bond acceptors (Lipinski definition) is 8. The van der Waals surface area contributed by atoms with Gasteiger partial charge in [0.25, 0.3) is 5.91 Å². The lowest BCUT2D eigenvalue weighted by atomic mass is 9.99. The summed E-state index contributed by atoms with van der Waals surface area (Å²) < 4.78 is 4.93. The van der Waals surface area contributed by atoms with Crippen molar-refractivity contribution >= 4 is 24.4 Å². The third-order valence-corrected chi connectivity index (χ3v) is 6.18. The Morgan fingerprint density at radius 1 is 1.05 bits per heavy atom. The van der Waals surface area contributed by atoms with Crippen molar-refractivity contribution in [3.05, 3.63) is 88.3 Å². The van der Waals surface area contributed by atoms with Crippen molar-refractivity contribution in [3.8, 4) is 0 Å². The van der Waals surface area contributed by atoms with E-state index in [0.717, 1.165) is 23.0 Å². The number of aliphatic hydroxyl groups excluding tert-OH is 1. The maximum atomic E-state index is 13.3. The van der Waals surface area contributed by atoms with E-state index >= 15 is 0 Å². The second-order valence-electron chi connectivity index (χ2n) is 9.24. The van der Waals surface area contributed by atoms with Crippen molar-refractivity contribution in [2.75, 3.05) is 0 Å². The molecule has 0 radical (unpaired) electrons. The zero-order valence-electron chi connectivity index (χ0n) is 21.6. The third kappa shape index (κ3) is 7.44. The average Bonchev–Trinajstić information content (AvgIpc) is 3.36. The molecule has 4 N–H and O–H groups in total. The summed E-state index contributed by atoms with van der Waals surface area (Å²) in [6.45, 7) is 5.15. The lowest BCUT2D eigenvalue weighted by Gasteiger charge is -2.36. The molecule has 2 aromatic carbocycles. The number of aliphatic hydroxyl groups is 1. The highest BCUT2D eigenvalue weighted by atomic mass is 16.5. The molecule has 1 aromatic heterocycles. The Balaban J connectivity index is 1.82. The van der Waals surface area contributed by atoms with E-state index < -0.39 is 29.6 Å². The summed E-state index contributed by atoms with van der Waals surface area (Å²) in [7, 11) is 0. The van der Waals surface area contributed by atoms with Gasteiger partial charge >= 0.3 is 0 Å². The normalized spacial score (nSPS) is 14.1. The molecule has 2 amide bonds. The molecule has 0 saturated heterocycles. The molecule has 1 heterocycles. The molecule has 0 fully saturated rings. The Hall–Kier alpha value is -4.15. The van der Waals surface area contributed by atoms with E-state index in [1.54, 1.807) is 31.2 Å². The predicted molar refractivity (Wildman–Crippen MR) is 139 cm³/mol. The third-order valence-electron chi connectivity index (χ3n) is 6.18. The molecule has 0 aliphatic carbocycles. The molecule has 3 aromatic rings. The van der Waals surface area contributed by atoms with Crippen LogP contribution in [-0.4, -0.2) is 52.5 Å². The van der Waals surface area contributed by atoms with Gasteiger partial charge in [0.2, 0.25) is 5.91 Å². The van der Waals surface area contributed by atoms with Gasteiger partial charge in [0.05, 0.1) is 12.1 Å². The van der Waals surface area contributed by atoms with Crippen LogP contribution < -0.4 is 16.0 Å². The van der Waals surface area contributed by atoms with E-state index in [4.69, 9.17) is 4.52 Å². The largest absolute Gasteiger partial charge is 0.389 e. The number of aryl methyl sites for hydroxylation is 3. The van der Waals surface area contributed by atoms with Crippen LogP contribution in [0.5, 0.6) is 0 Å². The molecule has 0 bridgehead atoms. The summed E-state index contributed by atoms with van der Waals surface area (Å²) in [5, 5.41) is 22.4. The van der Waals surface area contributed by atoms with E-state index in [2.05, 4.69) is 21.1 Å². The monoisotopic (exact) mass is 520 g/mol. The van der Waals surface area contributed by atoms with Gasteiger partial charge in [0.15, 0.2) is 17.6 Å². The zero-order valence-corrected chi connectivity index (χ0v) is 21.6. The van der Waals surface area contributed by atoms with Crippen LogP contribution in [-0.2, 0) is 22.6 Å². The summed E-state index contributed by atoms with van der Waals surface area (Å²) in [5.74, 6) is -0.787. The van der Waals surface area contributed by atoms with Gasteiger partial charge in [-0.15, -0.1) is 0 Å². The van der Waals surface area contributed by atoms with Gasteiger partial charge in [-0.05, 0) is 44.7 Å². The van der Waals surface area contributed by atoms with Crippen LogP contribution in [0.15, 0.2) is 59.1 Å². The number of aromatic nitrogens is 1. The van der Waals surface area contributed by atoms with E-state index in [0.29, 0.717) is 24.0 Å². The van der Waals surface area contributed by atoms with Crippen LogP contribution in [0.25, 0.3) is 0 Å². The highest BCUT2D eigenvalue weighted by Gasteiger charge is 2.41. The Kier molecular flexibility index (Phi) is 9.64. The molecule has 0 aliphatic heterocycles. The number of nitrogens with zero attached hydrogens (tertiary/aromatic N) is 1. The molecule has 0 spiro atoms. The van der Waals surface area contributed by atoms with Gasteiger partial charge in [-0.1, -0.05) is 59.3 Å². The molecule has 10 heteroatoms. The number of amides is 2. The first-order chi connectivity index (χ1) is 18.2. The fourth-order valence-corrected chi connectivity index (χ4v) is 3.80. The molecular weight excluding hydrogens is 488 g/mol. The minimum atomic E-state index is -1.99. The first-order valence-electron chi connectivity index (χ1n) is 12.2. The smallest absolute Gasteiger partial charge is 0.275 e. The topological polar surface area (TPSA) is 151 Å². The number of aldehydes is 2. The average molecular weight is 521 g/mol. The first kappa shape index (κ1) is 28.4. The van der Waals surface area contributed by atoms with Crippen molar-refractivity contribution in [2.45, 2.75) is 58.0 Å². The lowest BCUT2D eigenvalue weighted by Crippen LogP contribution is -2.70. The number of carbonyl (C=O) groups excluding carboxylic acids is 4. The van der Waals surface area contributed by atoms with Gasteiger partial charge in [-0.3, -0.25) is 24.5 Å². The molecule has 200 valence electrons. The fourth-order valence-electron chi connectivity index (χ4n) is 3.80. The number of hydrogen-bond donors (Lipinski definition) is 4. The second-order valence-corrected chi connectivity index (χ2v) is 9.24. The SMILES string of the molecule is Cc1ccc(CNC(=O)[C@H](CCc2ccc(C=O)cc2)N[C@](C=O)(NC(=O)c2cc(C)on2)[C@@H](C)O)cc1. The number of rotatable bonds is 13. The zero-order chi connectivity index (χ0) is 27.7. The van der Waals surface area contributed by atoms with Gasteiger partial charge in [-0.25, -0.2) is 0 Å². The van der Waals surface area contributed by atoms with Crippen molar-refractivity contribution in [2.24, 2.45) is 0 Å². The number of nitrogens with one attached hydrogen (secondary N) is 3. The van der Waals surface area contributed by atoms with E-state index in [-0.39, 0.29) is 18.7 Å². The van der Waals surface area contributed by atoms with Gasteiger partial charge in [0, 0.05) is 18.2 Å². The maximum Gasteiger partial charge on any atom is 0.275 e. The van der Waals surface area contributed by atoms with Gasteiger partial charge in [-0.2, -0.15) is 0 Å². The highest BCUT2D eigenvalue weighted by molar-refractivity contribution is 5.95. The predicted octanol–water partition coefficient (Wildman–Crippen LogP) is 2.02. The molecule has 0 aliphatic rings. The standard InChI is InChI=1S/C28H32N4O6/c1-18-4-6-22(7-5-18)15-29-26(36)24(13-12-21-8-10-23(16-33)11-9-21)30-28(17-34,20(3)35)31-27(37)25-14-19(2)38-32-25/h4-11,14,16-17,20,24,30,35H,12-13,15H2,1-3H3,(H,29,36)(H,31,37)/t20-,24+,28-/m1/s1. The van der Waals surface area contributed by atoms with Crippen molar-refractivity contribution in [3.63, 3.8) is 0 Å². The van der Waals surface area contributed by atoms with Crippen LogP contribution in [0.2, 0.25) is 0 Å². The maximum absolute atomic E-state index is 13.3. The molecule has 0 unspecified atom stereocenters. The first-order valence-corrected chi connectivity index (χ1v) is 12.2. The van der Waals surface area contributed by atoms with Gasteiger partial charge < -0.3 is 20.3 Å². The summed E-state index contributed by atoms with van der Waals surface area (Å²) in [6.07, 6.45) is 0.340. The summed E-state index contributed by atoms with van der Waals surface area (Å²) in [6, 6.07) is 15.0. The Morgan fingerprint density at radius 3 is 2.26 bits per heavy atom. The number of benzene rings is 2. The molecule has 38 heavy (non-hydrogen) atoms. The highest BCUT2D eigenvalue weighted by Crippen LogP contribution is 2.14. The van der Waals surface area contributed by atoms with Crippen LogP contribution >= 0.6 is 0 Å². The van der Waals surface area contributed by atoms with Gasteiger partial charge in [0.1, 0.15) is 12.0 Å². The van der Waals surface area contributed by atoms with Crippen LogP contribution in [0.3, 0.4) is 0 Å². The summed E-state index contributed by atoms with van der Waals surface area (Å²) >= 11 is 0. The Morgan fingerprint density at radius 2 is 1.71 bits per heavy atom. The van der Waals surface area contributed by atoms with Crippen LogP contribution in [0, 0.1) is 13.8 Å². The Bertz CT molecular complexity index is 1250. The van der Waals surface area contributed by atoms with E-state index in [9.17, 15) is 24.3 Å². The van der Waals surface area contributed by atoms with E-state index in [1.165, 1.54) is 13.0 Å². The molecule has 0 saturated carbocycles. The minimum Gasteiger partial charge on any atom is -0.389 e. The quantitative estimate of drug-likeness (QED) is 0.197. The van der Waals surface area contributed by atoms with Crippen LogP contribution in [0.4, 0.5) is 0 Å². The Labute approximate surface area is 220 Å². The van der Waals surface area contributed by atoms with Crippen LogP contribution in [0.1, 0.15) is 56.6 Å². The van der Waals surface area contributed by atoms with Crippen molar-refractivity contribution in [1.29, 1.82) is 0 Å². The minimum absolute atomic E-state index is 0.0770. The summed E-state index contributed by atoms with van der Waals surface area (Å²) in [4.78, 5) is 49.4. The molecule has 10 nitrogen and oxygen atoms in total. The molecule has 3 atom stereocenters. The van der Waals surface area contributed by atoms with Crippen molar-refractivity contribution < 1.29 is 28.8 Å². The number of carbonyl (C=O) groups is 4. The summed E-state index contributed by atoms with van der Waals surface area (Å²) in [5.41, 5.74) is 1.30.